The van der Waals surface area contributed by atoms with E-state index in [0.717, 1.165) is 5.56 Å². The lowest BCUT2D eigenvalue weighted by molar-refractivity contribution is -0.116. The molecule has 0 spiro atoms. The van der Waals surface area contributed by atoms with Crippen LogP contribution in [0.25, 0.3) is 0 Å². The molecule has 0 aliphatic rings. The number of nitriles is 1. The molecule has 5 nitrogen and oxygen atoms in total. The molecule has 0 saturated carbocycles. The van der Waals surface area contributed by atoms with Crippen molar-refractivity contribution in [1.82, 2.24) is 0 Å². The second-order valence-corrected chi connectivity index (χ2v) is 4.86. The molecule has 0 atom stereocenters. The van der Waals surface area contributed by atoms with Crippen LogP contribution < -0.4 is 15.8 Å². The Bertz CT molecular complexity index is 720. The van der Waals surface area contributed by atoms with Crippen molar-refractivity contribution in [3.8, 4) is 11.8 Å². The first-order chi connectivity index (χ1) is 10.6. The Morgan fingerprint density at radius 1 is 1.32 bits per heavy atom. The second-order valence-electron chi connectivity index (χ2n) is 4.86. The molecule has 2 rings (SSSR count). The fourth-order valence-corrected chi connectivity index (χ4v) is 1.90. The van der Waals surface area contributed by atoms with E-state index in [4.69, 9.17) is 15.7 Å². The predicted molar refractivity (Wildman–Crippen MR) is 85.5 cm³/mol. The predicted octanol–water partition coefficient (Wildman–Crippen LogP) is 2.86. The zero-order valence-electron chi connectivity index (χ0n) is 12.3. The molecule has 22 heavy (non-hydrogen) atoms. The van der Waals surface area contributed by atoms with Crippen LogP contribution in [0.4, 0.5) is 11.4 Å². The molecule has 0 aliphatic carbocycles. The van der Waals surface area contributed by atoms with Crippen molar-refractivity contribution in [2.24, 2.45) is 0 Å². The summed E-state index contributed by atoms with van der Waals surface area (Å²) in [5.41, 5.74) is 8.49. The number of nitrogen functional groups attached to an aromatic ring is 1. The van der Waals surface area contributed by atoms with Gasteiger partial charge in [0.05, 0.1) is 24.7 Å². The van der Waals surface area contributed by atoms with E-state index in [2.05, 4.69) is 5.32 Å². The minimum absolute atomic E-state index is 0.148. The number of hydrogen-bond acceptors (Lipinski definition) is 4. The summed E-state index contributed by atoms with van der Waals surface area (Å²) in [6, 6.07) is 14.2. The van der Waals surface area contributed by atoms with Gasteiger partial charge in [-0.25, -0.2) is 0 Å². The van der Waals surface area contributed by atoms with Crippen molar-refractivity contribution in [2.45, 2.75) is 13.3 Å². The third-order valence-corrected chi connectivity index (χ3v) is 3.10. The molecule has 0 aromatic heterocycles. The van der Waals surface area contributed by atoms with E-state index in [9.17, 15) is 4.79 Å². The number of amides is 1. The lowest BCUT2D eigenvalue weighted by Gasteiger charge is -2.10. The van der Waals surface area contributed by atoms with E-state index in [-0.39, 0.29) is 18.9 Å². The topological polar surface area (TPSA) is 88.1 Å². The van der Waals surface area contributed by atoms with Gasteiger partial charge < -0.3 is 15.8 Å². The molecular weight excluding hydrogens is 278 g/mol. The first-order valence-corrected chi connectivity index (χ1v) is 6.87. The van der Waals surface area contributed by atoms with Crippen LogP contribution in [-0.2, 0) is 4.79 Å². The van der Waals surface area contributed by atoms with Crippen molar-refractivity contribution in [1.29, 1.82) is 5.26 Å². The van der Waals surface area contributed by atoms with E-state index in [1.54, 1.807) is 36.4 Å². The van der Waals surface area contributed by atoms with Gasteiger partial charge in [0.1, 0.15) is 5.75 Å². The van der Waals surface area contributed by atoms with Gasteiger partial charge in [-0.3, -0.25) is 4.79 Å². The van der Waals surface area contributed by atoms with Gasteiger partial charge in [0.15, 0.2) is 0 Å². The van der Waals surface area contributed by atoms with Crippen molar-refractivity contribution in [3.63, 3.8) is 0 Å². The third-order valence-electron chi connectivity index (χ3n) is 3.10. The zero-order valence-corrected chi connectivity index (χ0v) is 12.3. The molecule has 0 radical (unpaired) electrons. The molecule has 2 aromatic rings. The number of nitrogens with zero attached hydrogens (tertiary/aromatic N) is 1. The quantitative estimate of drug-likeness (QED) is 0.830. The Labute approximate surface area is 129 Å². The first kappa shape index (κ1) is 15.4. The van der Waals surface area contributed by atoms with Crippen LogP contribution in [0, 0.1) is 18.3 Å². The highest BCUT2D eigenvalue weighted by molar-refractivity contribution is 5.92. The Hall–Kier alpha value is -3.00. The molecule has 0 saturated heterocycles. The minimum atomic E-state index is -0.148. The zero-order chi connectivity index (χ0) is 15.9. The van der Waals surface area contributed by atoms with Gasteiger partial charge in [-0.1, -0.05) is 12.1 Å². The molecule has 5 heteroatoms. The summed E-state index contributed by atoms with van der Waals surface area (Å²) in [6.45, 7) is 2.14. The van der Waals surface area contributed by atoms with E-state index in [0.29, 0.717) is 22.7 Å². The Balaban J connectivity index is 1.85. The van der Waals surface area contributed by atoms with Gasteiger partial charge in [0, 0.05) is 11.4 Å². The van der Waals surface area contributed by atoms with Gasteiger partial charge in [-0.15, -0.1) is 0 Å². The van der Waals surface area contributed by atoms with Gasteiger partial charge in [0.2, 0.25) is 5.91 Å². The van der Waals surface area contributed by atoms with Crippen LogP contribution in [0.1, 0.15) is 17.5 Å². The molecule has 1 amide bonds. The fourth-order valence-electron chi connectivity index (χ4n) is 1.90. The maximum absolute atomic E-state index is 11.9. The van der Waals surface area contributed by atoms with Crippen molar-refractivity contribution in [3.05, 3.63) is 53.6 Å². The largest absolute Gasteiger partial charge is 0.493 e. The molecule has 0 fully saturated rings. The first-order valence-electron chi connectivity index (χ1n) is 6.87. The summed E-state index contributed by atoms with van der Waals surface area (Å²) < 4.78 is 5.47. The molecule has 0 bridgehead atoms. The van der Waals surface area contributed by atoms with Crippen LogP contribution >= 0.6 is 0 Å². The molecule has 3 N–H and O–H groups in total. The third kappa shape index (κ3) is 4.25. The standard InChI is InChI=1S/C17H17N3O2/c1-12-5-6-14(19)10-16(12)20-17(21)7-8-22-15-4-2-3-13(9-15)11-18/h2-6,9-10H,7-8,19H2,1H3,(H,20,21). The Morgan fingerprint density at radius 3 is 2.91 bits per heavy atom. The van der Waals surface area contributed by atoms with E-state index in [1.807, 2.05) is 19.1 Å². The molecule has 0 heterocycles. The lowest BCUT2D eigenvalue weighted by atomic mass is 10.2. The van der Waals surface area contributed by atoms with Gasteiger partial charge in [-0.2, -0.15) is 5.26 Å². The van der Waals surface area contributed by atoms with E-state index in [1.165, 1.54) is 0 Å². The van der Waals surface area contributed by atoms with Gasteiger partial charge in [0.25, 0.3) is 0 Å². The monoisotopic (exact) mass is 295 g/mol. The summed E-state index contributed by atoms with van der Waals surface area (Å²) in [5.74, 6) is 0.428. The second kappa shape index (κ2) is 7.14. The van der Waals surface area contributed by atoms with Crippen molar-refractivity contribution >= 4 is 17.3 Å². The van der Waals surface area contributed by atoms with Crippen LogP contribution in [0.15, 0.2) is 42.5 Å². The fraction of sp³-hybridized carbons (Fsp3) is 0.176. The normalized spacial score (nSPS) is 9.82. The molecular formula is C17H17N3O2. The number of nitrogens with two attached hydrogens (primary N) is 1. The van der Waals surface area contributed by atoms with Crippen LogP contribution in [0.2, 0.25) is 0 Å². The minimum Gasteiger partial charge on any atom is -0.493 e. The summed E-state index contributed by atoms with van der Waals surface area (Å²) >= 11 is 0. The maximum atomic E-state index is 11.9. The highest BCUT2D eigenvalue weighted by atomic mass is 16.5. The van der Waals surface area contributed by atoms with Crippen LogP contribution in [0.3, 0.4) is 0 Å². The number of aryl methyl sites for hydroxylation is 1. The number of carbonyl (C=O) groups is 1. The summed E-state index contributed by atoms with van der Waals surface area (Å²) in [6.07, 6.45) is 0.213. The number of carbonyl (C=O) groups excluding carboxylic acids is 1. The SMILES string of the molecule is Cc1ccc(N)cc1NC(=O)CCOc1cccc(C#N)c1. The Kier molecular flexibility index (Phi) is 4.99. The molecule has 0 aliphatic heterocycles. The van der Waals surface area contributed by atoms with Crippen LogP contribution in [-0.4, -0.2) is 12.5 Å². The van der Waals surface area contributed by atoms with E-state index < -0.39 is 0 Å². The summed E-state index contributed by atoms with van der Waals surface area (Å²) in [4.78, 5) is 11.9. The average Bonchev–Trinajstić information content (AvgIpc) is 2.51. The lowest BCUT2D eigenvalue weighted by Crippen LogP contribution is -2.16. The number of rotatable bonds is 5. The summed E-state index contributed by atoms with van der Waals surface area (Å²) in [7, 11) is 0. The smallest absolute Gasteiger partial charge is 0.227 e. The maximum Gasteiger partial charge on any atom is 0.227 e. The molecule has 0 unspecified atom stereocenters. The van der Waals surface area contributed by atoms with Gasteiger partial charge >= 0.3 is 0 Å². The van der Waals surface area contributed by atoms with Gasteiger partial charge in [-0.05, 0) is 42.8 Å². The number of benzene rings is 2. The van der Waals surface area contributed by atoms with Crippen molar-refractivity contribution in [2.75, 3.05) is 17.7 Å². The number of nitrogens with one attached hydrogen (secondary N) is 1. The Morgan fingerprint density at radius 2 is 2.14 bits per heavy atom. The van der Waals surface area contributed by atoms with Crippen molar-refractivity contribution < 1.29 is 9.53 Å². The highest BCUT2D eigenvalue weighted by Crippen LogP contribution is 2.18. The van der Waals surface area contributed by atoms with Crippen LogP contribution in [0.5, 0.6) is 5.75 Å². The summed E-state index contributed by atoms with van der Waals surface area (Å²) in [5, 5.41) is 11.6. The highest BCUT2D eigenvalue weighted by Gasteiger charge is 2.06. The average molecular weight is 295 g/mol. The molecule has 112 valence electrons. The number of ether oxygens (including phenoxy) is 1. The number of anilines is 2. The van der Waals surface area contributed by atoms with E-state index >= 15 is 0 Å². The molecule has 2 aromatic carbocycles. The number of hydrogen-bond donors (Lipinski definition) is 2.